The molecule has 0 aliphatic carbocycles. The molecular formula is C11H15O3. The highest BCUT2D eigenvalue weighted by molar-refractivity contribution is 5.19. The molecule has 3 nitrogen and oxygen atoms in total. The number of methoxy groups -OCH3 is 2. The minimum Gasteiger partial charge on any atom is -0.365 e. The summed E-state index contributed by atoms with van der Waals surface area (Å²) in [5, 5.41) is 0. The van der Waals surface area contributed by atoms with Gasteiger partial charge in [0.1, 0.15) is 6.61 Å². The van der Waals surface area contributed by atoms with Crippen molar-refractivity contribution in [3.63, 3.8) is 0 Å². The van der Waals surface area contributed by atoms with E-state index in [1.54, 1.807) is 20.8 Å². The second-order valence-electron chi connectivity index (χ2n) is 2.76. The van der Waals surface area contributed by atoms with Gasteiger partial charge in [0, 0.05) is 14.2 Å². The van der Waals surface area contributed by atoms with Crippen LogP contribution in [0.15, 0.2) is 30.3 Å². The van der Waals surface area contributed by atoms with Crippen LogP contribution in [-0.4, -0.2) is 27.1 Å². The van der Waals surface area contributed by atoms with E-state index in [1.807, 2.05) is 30.3 Å². The van der Waals surface area contributed by atoms with Gasteiger partial charge in [-0.1, -0.05) is 30.3 Å². The highest BCUT2D eigenvalue weighted by Gasteiger charge is 2.04. The van der Waals surface area contributed by atoms with Crippen LogP contribution in [0, 0.1) is 6.61 Å². The molecule has 14 heavy (non-hydrogen) atoms. The quantitative estimate of drug-likeness (QED) is 0.648. The van der Waals surface area contributed by atoms with E-state index in [9.17, 15) is 0 Å². The third-order valence-corrected chi connectivity index (χ3v) is 1.78. The maximum atomic E-state index is 5.29. The van der Waals surface area contributed by atoms with E-state index in [0.717, 1.165) is 5.56 Å². The molecule has 0 N–H and O–H groups in total. The van der Waals surface area contributed by atoms with Gasteiger partial charge in [0.25, 0.3) is 0 Å². The average molecular weight is 195 g/mol. The van der Waals surface area contributed by atoms with Gasteiger partial charge in [0.2, 0.25) is 0 Å². The lowest BCUT2D eigenvalue weighted by Gasteiger charge is -2.12. The highest BCUT2D eigenvalue weighted by Crippen LogP contribution is 2.03. The molecule has 0 heterocycles. The third kappa shape index (κ3) is 3.87. The number of hydrogen-bond acceptors (Lipinski definition) is 3. The molecule has 0 spiro atoms. The fourth-order valence-corrected chi connectivity index (χ4v) is 0.987. The Hall–Kier alpha value is -0.900. The number of ether oxygens (including phenoxy) is 3. The Kier molecular flexibility index (Phi) is 5.22. The predicted octanol–water partition coefficient (Wildman–Crippen LogP) is 1.83. The fraction of sp³-hybridized carbons (Fsp3) is 0.364. The Bertz CT molecular complexity index is 232. The molecule has 1 rings (SSSR count). The van der Waals surface area contributed by atoms with E-state index in [1.165, 1.54) is 0 Å². The minimum atomic E-state index is -0.310. The van der Waals surface area contributed by atoms with Gasteiger partial charge in [-0.15, -0.1) is 0 Å². The first-order valence-electron chi connectivity index (χ1n) is 4.42. The molecule has 0 saturated carbocycles. The van der Waals surface area contributed by atoms with Crippen molar-refractivity contribution >= 4 is 0 Å². The molecule has 0 amide bonds. The Morgan fingerprint density at radius 1 is 1.14 bits per heavy atom. The molecule has 0 aromatic heterocycles. The van der Waals surface area contributed by atoms with Gasteiger partial charge in [0.05, 0.1) is 6.61 Å². The molecule has 0 aliphatic rings. The van der Waals surface area contributed by atoms with Gasteiger partial charge in [-0.2, -0.15) is 0 Å². The van der Waals surface area contributed by atoms with Gasteiger partial charge in [0.15, 0.2) is 6.29 Å². The SMILES string of the molecule is COC(CO[CH]c1ccccc1)OC. The second-order valence-corrected chi connectivity index (χ2v) is 2.76. The van der Waals surface area contributed by atoms with Crippen molar-refractivity contribution < 1.29 is 14.2 Å². The normalized spacial score (nSPS) is 10.8. The molecule has 3 heteroatoms. The molecule has 77 valence electrons. The van der Waals surface area contributed by atoms with Crippen LogP contribution in [0.1, 0.15) is 5.56 Å². The Balaban J connectivity index is 2.21. The Morgan fingerprint density at radius 3 is 2.36 bits per heavy atom. The molecule has 1 radical (unpaired) electrons. The first kappa shape index (κ1) is 11.2. The van der Waals surface area contributed by atoms with Crippen molar-refractivity contribution in [1.82, 2.24) is 0 Å². The number of rotatable bonds is 6. The summed E-state index contributed by atoms with van der Waals surface area (Å²) in [4.78, 5) is 0. The smallest absolute Gasteiger partial charge is 0.180 e. The number of hydrogen-bond donors (Lipinski definition) is 0. The molecule has 1 aromatic carbocycles. The first-order chi connectivity index (χ1) is 6.86. The maximum Gasteiger partial charge on any atom is 0.180 e. The summed E-state index contributed by atoms with van der Waals surface area (Å²) >= 11 is 0. The summed E-state index contributed by atoms with van der Waals surface area (Å²) in [5.74, 6) is 0. The van der Waals surface area contributed by atoms with Crippen LogP contribution >= 0.6 is 0 Å². The third-order valence-electron chi connectivity index (χ3n) is 1.78. The summed E-state index contributed by atoms with van der Waals surface area (Å²) < 4.78 is 15.2. The molecule has 0 fully saturated rings. The fourth-order valence-electron chi connectivity index (χ4n) is 0.987. The highest BCUT2D eigenvalue weighted by atomic mass is 16.7. The van der Waals surface area contributed by atoms with Crippen molar-refractivity contribution in [2.24, 2.45) is 0 Å². The molecule has 1 aromatic rings. The lowest BCUT2D eigenvalue weighted by atomic mass is 10.2. The lowest BCUT2D eigenvalue weighted by molar-refractivity contribution is -0.132. The van der Waals surface area contributed by atoms with Crippen molar-refractivity contribution in [2.75, 3.05) is 20.8 Å². The zero-order chi connectivity index (χ0) is 10.2. The maximum absolute atomic E-state index is 5.29. The molecular weight excluding hydrogens is 180 g/mol. The van der Waals surface area contributed by atoms with Crippen molar-refractivity contribution in [1.29, 1.82) is 0 Å². The van der Waals surface area contributed by atoms with Crippen molar-refractivity contribution in [3.8, 4) is 0 Å². The summed E-state index contributed by atoms with van der Waals surface area (Å²) in [5.41, 5.74) is 1.03. The van der Waals surface area contributed by atoms with E-state index in [2.05, 4.69) is 0 Å². The Morgan fingerprint density at radius 2 is 1.79 bits per heavy atom. The van der Waals surface area contributed by atoms with Crippen LogP contribution in [0.25, 0.3) is 0 Å². The van der Waals surface area contributed by atoms with Gasteiger partial charge in [-0.3, -0.25) is 0 Å². The Labute approximate surface area is 84.6 Å². The van der Waals surface area contributed by atoms with Crippen LogP contribution in [-0.2, 0) is 14.2 Å². The van der Waals surface area contributed by atoms with Crippen molar-refractivity contribution in [3.05, 3.63) is 42.5 Å². The van der Waals surface area contributed by atoms with Crippen LogP contribution in [0.2, 0.25) is 0 Å². The topological polar surface area (TPSA) is 27.7 Å². The lowest BCUT2D eigenvalue weighted by Crippen LogP contribution is -2.19. The summed E-state index contributed by atoms with van der Waals surface area (Å²) in [6, 6.07) is 9.81. The molecule has 0 atom stereocenters. The monoisotopic (exact) mass is 195 g/mol. The first-order valence-corrected chi connectivity index (χ1v) is 4.42. The van der Waals surface area contributed by atoms with E-state index >= 15 is 0 Å². The van der Waals surface area contributed by atoms with E-state index in [4.69, 9.17) is 14.2 Å². The summed E-state index contributed by atoms with van der Waals surface area (Å²) in [6.07, 6.45) is -0.310. The van der Waals surface area contributed by atoms with Gasteiger partial charge >= 0.3 is 0 Å². The van der Waals surface area contributed by atoms with E-state index in [0.29, 0.717) is 6.61 Å². The summed E-state index contributed by atoms with van der Waals surface area (Å²) in [7, 11) is 3.17. The average Bonchev–Trinajstić information content (AvgIpc) is 2.26. The van der Waals surface area contributed by atoms with Crippen LogP contribution in [0.5, 0.6) is 0 Å². The van der Waals surface area contributed by atoms with Gasteiger partial charge < -0.3 is 14.2 Å². The van der Waals surface area contributed by atoms with Crippen LogP contribution in [0.3, 0.4) is 0 Å². The van der Waals surface area contributed by atoms with Crippen LogP contribution in [0.4, 0.5) is 0 Å². The summed E-state index contributed by atoms with van der Waals surface area (Å²) in [6.45, 7) is 2.08. The zero-order valence-corrected chi connectivity index (χ0v) is 8.47. The largest absolute Gasteiger partial charge is 0.365 e. The standard InChI is InChI=1S/C11H15O3/c1-12-11(13-2)9-14-8-10-6-4-3-5-7-10/h3-8,11H,9H2,1-2H3. The van der Waals surface area contributed by atoms with Gasteiger partial charge in [-0.25, -0.2) is 0 Å². The second kappa shape index (κ2) is 6.54. The number of benzene rings is 1. The van der Waals surface area contributed by atoms with Crippen LogP contribution < -0.4 is 0 Å². The van der Waals surface area contributed by atoms with E-state index in [-0.39, 0.29) is 6.29 Å². The van der Waals surface area contributed by atoms with E-state index < -0.39 is 0 Å². The minimum absolute atomic E-state index is 0.310. The molecule has 0 unspecified atom stereocenters. The predicted molar refractivity (Wildman–Crippen MR) is 53.6 cm³/mol. The zero-order valence-electron chi connectivity index (χ0n) is 8.47. The van der Waals surface area contributed by atoms with Gasteiger partial charge in [-0.05, 0) is 5.56 Å². The molecule has 0 aliphatic heterocycles. The van der Waals surface area contributed by atoms with Crippen molar-refractivity contribution in [2.45, 2.75) is 6.29 Å². The molecule has 0 saturated heterocycles. The molecule has 0 bridgehead atoms.